The second-order valence-corrected chi connectivity index (χ2v) is 4.39. The van der Waals surface area contributed by atoms with Crippen molar-refractivity contribution >= 4 is 10.0 Å². The van der Waals surface area contributed by atoms with Crippen LogP contribution in [0.3, 0.4) is 0 Å². The van der Waals surface area contributed by atoms with E-state index in [4.69, 9.17) is 4.74 Å². The molecule has 0 aromatic heterocycles. The molecule has 0 radical (unpaired) electrons. The average molecular weight is 219 g/mol. The molecule has 0 aromatic rings. The van der Waals surface area contributed by atoms with Crippen molar-refractivity contribution in [3.63, 3.8) is 0 Å². The van der Waals surface area contributed by atoms with E-state index in [-0.39, 0.29) is 26.3 Å². The number of nitrogens with zero attached hydrogens (tertiary/aromatic N) is 1. The van der Waals surface area contributed by atoms with Crippen LogP contribution in [0.25, 0.3) is 0 Å². The molecule has 1 saturated heterocycles. The van der Waals surface area contributed by atoms with Crippen molar-refractivity contribution < 1.29 is 26.3 Å². The Hall–Kier alpha value is -0.340. The fourth-order valence-electron chi connectivity index (χ4n) is 0.933. The summed E-state index contributed by atoms with van der Waals surface area (Å²) in [7, 11) is -5.15. The summed E-state index contributed by atoms with van der Waals surface area (Å²) < 4.78 is 62.5. The van der Waals surface area contributed by atoms with Crippen molar-refractivity contribution in [2.24, 2.45) is 0 Å². The van der Waals surface area contributed by atoms with Crippen LogP contribution >= 0.6 is 0 Å². The van der Waals surface area contributed by atoms with Crippen LogP contribution in [0.1, 0.15) is 0 Å². The van der Waals surface area contributed by atoms with E-state index in [2.05, 4.69) is 0 Å². The first kappa shape index (κ1) is 10.7. The van der Waals surface area contributed by atoms with E-state index < -0.39 is 15.5 Å². The summed E-state index contributed by atoms with van der Waals surface area (Å²) >= 11 is 0. The quantitative estimate of drug-likeness (QED) is 0.631. The molecule has 0 N–H and O–H groups in total. The van der Waals surface area contributed by atoms with E-state index >= 15 is 0 Å². The van der Waals surface area contributed by atoms with Crippen LogP contribution in [0, 0.1) is 0 Å². The van der Waals surface area contributed by atoms with Crippen molar-refractivity contribution in [3.8, 4) is 0 Å². The van der Waals surface area contributed by atoms with Crippen LogP contribution in [-0.4, -0.2) is 44.5 Å². The van der Waals surface area contributed by atoms with E-state index in [0.717, 1.165) is 0 Å². The summed E-state index contributed by atoms with van der Waals surface area (Å²) in [5.41, 5.74) is -5.20. The molecule has 8 heteroatoms. The van der Waals surface area contributed by atoms with Gasteiger partial charge in [0, 0.05) is 13.1 Å². The Morgan fingerprint density at radius 1 is 1.15 bits per heavy atom. The summed E-state index contributed by atoms with van der Waals surface area (Å²) in [4.78, 5) is 0. The minimum atomic E-state index is -5.20. The Balaban J connectivity index is 2.80. The van der Waals surface area contributed by atoms with Gasteiger partial charge in [0.2, 0.25) is 0 Å². The number of alkyl halides is 3. The van der Waals surface area contributed by atoms with Crippen molar-refractivity contribution in [2.45, 2.75) is 5.51 Å². The standard InChI is InChI=1S/C5H8F3NO3S/c6-5(7,8)13(10,11)9-1-3-12-4-2-9/h1-4H2. The summed E-state index contributed by atoms with van der Waals surface area (Å²) in [5, 5.41) is 0. The molecule has 78 valence electrons. The lowest BCUT2D eigenvalue weighted by Gasteiger charge is -2.26. The van der Waals surface area contributed by atoms with E-state index in [1.807, 2.05) is 0 Å². The van der Waals surface area contributed by atoms with Crippen molar-refractivity contribution in [1.82, 2.24) is 4.31 Å². The monoisotopic (exact) mass is 219 g/mol. The number of morpholine rings is 1. The first-order valence-corrected chi connectivity index (χ1v) is 4.94. The Labute approximate surface area is 73.3 Å². The molecule has 0 amide bonds. The lowest BCUT2D eigenvalue weighted by Crippen LogP contribution is -2.46. The molecule has 0 saturated carbocycles. The van der Waals surface area contributed by atoms with E-state index in [9.17, 15) is 21.6 Å². The third-order valence-electron chi connectivity index (χ3n) is 1.60. The van der Waals surface area contributed by atoms with Gasteiger partial charge in [0.15, 0.2) is 0 Å². The average Bonchev–Trinajstić information content (AvgIpc) is 2.04. The van der Waals surface area contributed by atoms with Crippen LogP contribution in [0.5, 0.6) is 0 Å². The molecule has 0 aromatic carbocycles. The Morgan fingerprint density at radius 3 is 2.00 bits per heavy atom. The highest BCUT2D eigenvalue weighted by Crippen LogP contribution is 2.26. The molecule has 1 rings (SSSR count). The van der Waals surface area contributed by atoms with Gasteiger partial charge in [-0.25, -0.2) is 8.42 Å². The van der Waals surface area contributed by atoms with Crippen LogP contribution in [0.2, 0.25) is 0 Å². The van der Waals surface area contributed by atoms with Crippen LogP contribution in [0.4, 0.5) is 13.2 Å². The van der Waals surface area contributed by atoms with Gasteiger partial charge < -0.3 is 4.74 Å². The maximum atomic E-state index is 11.9. The van der Waals surface area contributed by atoms with Gasteiger partial charge in [0.1, 0.15) is 0 Å². The van der Waals surface area contributed by atoms with Gasteiger partial charge in [0.05, 0.1) is 13.2 Å². The third-order valence-corrected chi connectivity index (χ3v) is 3.23. The van der Waals surface area contributed by atoms with Crippen LogP contribution in [0.15, 0.2) is 0 Å². The fraction of sp³-hybridized carbons (Fsp3) is 1.00. The molecule has 0 aliphatic carbocycles. The highest BCUT2D eigenvalue weighted by atomic mass is 32.2. The van der Waals surface area contributed by atoms with Crippen molar-refractivity contribution in [3.05, 3.63) is 0 Å². The van der Waals surface area contributed by atoms with Crippen molar-refractivity contribution in [2.75, 3.05) is 26.3 Å². The van der Waals surface area contributed by atoms with Gasteiger partial charge in [-0.1, -0.05) is 0 Å². The van der Waals surface area contributed by atoms with Gasteiger partial charge in [-0.15, -0.1) is 0 Å². The zero-order valence-electron chi connectivity index (χ0n) is 6.54. The van der Waals surface area contributed by atoms with Gasteiger partial charge >= 0.3 is 15.5 Å². The molecule has 1 aliphatic heterocycles. The molecule has 4 nitrogen and oxygen atoms in total. The lowest BCUT2D eigenvalue weighted by atomic mass is 10.5. The van der Waals surface area contributed by atoms with Crippen molar-refractivity contribution in [1.29, 1.82) is 0 Å². The maximum Gasteiger partial charge on any atom is 0.511 e. The molecular weight excluding hydrogens is 211 g/mol. The molecule has 0 atom stereocenters. The zero-order valence-corrected chi connectivity index (χ0v) is 7.36. The number of hydrogen-bond acceptors (Lipinski definition) is 3. The molecule has 0 bridgehead atoms. The minimum Gasteiger partial charge on any atom is -0.379 e. The summed E-state index contributed by atoms with van der Waals surface area (Å²) in [6, 6.07) is 0. The summed E-state index contributed by atoms with van der Waals surface area (Å²) in [5.74, 6) is 0. The minimum absolute atomic E-state index is 0.00924. The maximum absolute atomic E-state index is 11.9. The zero-order chi connectivity index (χ0) is 10.1. The van der Waals surface area contributed by atoms with E-state index in [1.54, 1.807) is 0 Å². The predicted molar refractivity (Wildman–Crippen MR) is 37.4 cm³/mol. The van der Waals surface area contributed by atoms with Gasteiger partial charge in [-0.3, -0.25) is 0 Å². The fourth-order valence-corrected chi connectivity index (χ4v) is 1.86. The normalized spacial score (nSPS) is 21.8. The first-order chi connectivity index (χ1) is 5.86. The second kappa shape index (κ2) is 3.43. The van der Waals surface area contributed by atoms with E-state index in [1.165, 1.54) is 0 Å². The summed E-state index contributed by atoms with van der Waals surface area (Å²) in [6.07, 6.45) is 0. The smallest absolute Gasteiger partial charge is 0.379 e. The second-order valence-electron chi connectivity index (χ2n) is 2.46. The van der Waals surface area contributed by atoms with Gasteiger partial charge in [-0.05, 0) is 0 Å². The third kappa shape index (κ3) is 2.12. The van der Waals surface area contributed by atoms with Gasteiger partial charge in [0.25, 0.3) is 0 Å². The number of hydrogen-bond donors (Lipinski definition) is 0. The van der Waals surface area contributed by atoms with Crippen LogP contribution < -0.4 is 0 Å². The van der Waals surface area contributed by atoms with E-state index in [0.29, 0.717) is 4.31 Å². The molecule has 0 spiro atoms. The number of rotatable bonds is 1. The Morgan fingerprint density at radius 2 is 1.62 bits per heavy atom. The molecule has 1 heterocycles. The SMILES string of the molecule is O=S(=O)(N1CCOCC1)C(F)(F)F. The highest BCUT2D eigenvalue weighted by molar-refractivity contribution is 7.90. The molecule has 0 unspecified atom stereocenters. The number of sulfonamides is 1. The van der Waals surface area contributed by atoms with Crippen LogP contribution in [-0.2, 0) is 14.8 Å². The highest BCUT2D eigenvalue weighted by Gasteiger charge is 2.50. The molecule has 1 fully saturated rings. The Bertz CT molecular complexity index is 267. The first-order valence-electron chi connectivity index (χ1n) is 3.50. The molecule has 13 heavy (non-hydrogen) atoms. The van der Waals surface area contributed by atoms with Gasteiger partial charge in [-0.2, -0.15) is 17.5 Å². The topological polar surface area (TPSA) is 46.6 Å². The lowest BCUT2D eigenvalue weighted by molar-refractivity contribution is -0.0519. The number of halogens is 3. The predicted octanol–water partition coefficient (Wildman–Crippen LogP) is 0.168. The molecule has 1 aliphatic rings. The largest absolute Gasteiger partial charge is 0.511 e. The number of ether oxygens (including phenoxy) is 1. The molecular formula is C5H8F3NO3S. The Kier molecular flexibility index (Phi) is 2.83. The summed E-state index contributed by atoms with van der Waals surface area (Å²) in [6.45, 7) is -0.450.